The maximum absolute atomic E-state index is 13.4. The SMILES string of the molecule is COc1ccc([C@@H]2Nn3c(nnc3-c3ccccc3)S[C@@H]2C(=O)Nc2cccc(Cl)c2)cc1. The second-order valence-electron chi connectivity index (χ2n) is 7.43. The van der Waals surface area contributed by atoms with Crippen LogP contribution in [0.1, 0.15) is 11.6 Å². The Hall–Kier alpha value is -3.49. The Morgan fingerprint density at radius 2 is 1.85 bits per heavy atom. The van der Waals surface area contributed by atoms with E-state index in [-0.39, 0.29) is 11.9 Å². The Bertz CT molecular complexity index is 1280. The third kappa shape index (κ3) is 4.40. The molecule has 2 N–H and O–H groups in total. The Morgan fingerprint density at radius 3 is 2.58 bits per heavy atom. The van der Waals surface area contributed by atoms with Gasteiger partial charge in [-0.15, -0.1) is 10.2 Å². The van der Waals surface area contributed by atoms with E-state index in [1.807, 2.05) is 65.3 Å². The molecule has 0 radical (unpaired) electrons. The van der Waals surface area contributed by atoms with Crippen molar-refractivity contribution in [1.29, 1.82) is 0 Å². The third-order valence-corrected chi connectivity index (χ3v) is 6.74. The summed E-state index contributed by atoms with van der Waals surface area (Å²) in [7, 11) is 1.63. The molecule has 0 aliphatic carbocycles. The minimum Gasteiger partial charge on any atom is -0.497 e. The van der Waals surface area contributed by atoms with Crippen molar-refractivity contribution < 1.29 is 9.53 Å². The fraction of sp³-hybridized carbons (Fsp3) is 0.125. The molecule has 0 unspecified atom stereocenters. The topological polar surface area (TPSA) is 81.1 Å². The average Bonchev–Trinajstić information content (AvgIpc) is 3.27. The Kier molecular flexibility index (Phi) is 5.93. The number of aromatic nitrogens is 3. The van der Waals surface area contributed by atoms with E-state index in [1.165, 1.54) is 11.8 Å². The molecule has 33 heavy (non-hydrogen) atoms. The van der Waals surface area contributed by atoms with Gasteiger partial charge in [0.25, 0.3) is 0 Å². The highest BCUT2D eigenvalue weighted by molar-refractivity contribution is 8.00. The van der Waals surface area contributed by atoms with Crippen LogP contribution in [0.3, 0.4) is 0 Å². The summed E-state index contributed by atoms with van der Waals surface area (Å²) in [5.74, 6) is 1.27. The van der Waals surface area contributed by atoms with Gasteiger partial charge in [-0.3, -0.25) is 4.79 Å². The van der Waals surface area contributed by atoms with Gasteiger partial charge in [0.2, 0.25) is 11.1 Å². The number of nitrogens with one attached hydrogen (secondary N) is 2. The first-order valence-corrected chi connectivity index (χ1v) is 11.5. The molecule has 9 heteroatoms. The first-order valence-electron chi connectivity index (χ1n) is 10.3. The van der Waals surface area contributed by atoms with Crippen molar-refractivity contribution in [1.82, 2.24) is 14.9 Å². The molecule has 1 aliphatic rings. The lowest BCUT2D eigenvalue weighted by Gasteiger charge is -2.33. The summed E-state index contributed by atoms with van der Waals surface area (Å²) in [6.45, 7) is 0. The highest BCUT2D eigenvalue weighted by Crippen LogP contribution is 2.39. The van der Waals surface area contributed by atoms with Crippen LogP contribution in [0.4, 0.5) is 5.69 Å². The molecule has 7 nitrogen and oxygen atoms in total. The van der Waals surface area contributed by atoms with Crippen molar-refractivity contribution in [2.75, 3.05) is 17.9 Å². The lowest BCUT2D eigenvalue weighted by atomic mass is 10.0. The zero-order valence-corrected chi connectivity index (χ0v) is 19.2. The standard InChI is InChI=1S/C24H20ClN5O2S/c1-32-19-12-10-15(11-13-19)20-21(23(31)26-18-9-5-8-17(25)14-18)33-24-28-27-22(30(24)29-20)16-6-3-2-4-7-16/h2-14,20-21,29H,1H3,(H,26,31)/t20-,21-/m0/s1. The molecule has 2 heterocycles. The number of carbonyl (C=O) groups excluding carboxylic acids is 1. The number of nitrogens with zero attached hydrogens (tertiary/aromatic N) is 3. The molecule has 0 spiro atoms. The zero-order valence-electron chi connectivity index (χ0n) is 17.6. The third-order valence-electron chi connectivity index (χ3n) is 5.29. The molecule has 2 atom stereocenters. The molecule has 0 saturated carbocycles. The molecular formula is C24H20ClN5O2S. The fourth-order valence-electron chi connectivity index (χ4n) is 3.67. The molecule has 1 amide bonds. The maximum Gasteiger partial charge on any atom is 0.240 e. The fourth-order valence-corrected chi connectivity index (χ4v) is 4.94. The zero-order chi connectivity index (χ0) is 22.8. The lowest BCUT2D eigenvalue weighted by Crippen LogP contribution is -2.41. The molecule has 0 fully saturated rings. The molecule has 3 aromatic carbocycles. The maximum atomic E-state index is 13.4. The normalized spacial score (nSPS) is 17.0. The van der Waals surface area contributed by atoms with Gasteiger partial charge in [0.05, 0.1) is 13.2 Å². The van der Waals surface area contributed by atoms with Crippen molar-refractivity contribution in [2.24, 2.45) is 0 Å². The number of rotatable bonds is 5. The van der Waals surface area contributed by atoms with Crippen molar-refractivity contribution in [3.05, 3.63) is 89.4 Å². The number of amides is 1. The quantitative estimate of drug-likeness (QED) is 0.421. The van der Waals surface area contributed by atoms with E-state index in [0.717, 1.165) is 16.9 Å². The van der Waals surface area contributed by atoms with Gasteiger partial charge in [0, 0.05) is 16.3 Å². The monoisotopic (exact) mass is 477 g/mol. The van der Waals surface area contributed by atoms with Gasteiger partial charge in [0.15, 0.2) is 5.82 Å². The second kappa shape index (κ2) is 9.17. The van der Waals surface area contributed by atoms with Gasteiger partial charge < -0.3 is 15.5 Å². The van der Waals surface area contributed by atoms with Gasteiger partial charge >= 0.3 is 0 Å². The highest BCUT2D eigenvalue weighted by Gasteiger charge is 2.38. The number of carbonyl (C=O) groups is 1. The van der Waals surface area contributed by atoms with Gasteiger partial charge in [-0.25, -0.2) is 4.68 Å². The number of ether oxygens (including phenoxy) is 1. The summed E-state index contributed by atoms with van der Waals surface area (Å²) in [5, 5.41) is 12.4. The van der Waals surface area contributed by atoms with Crippen LogP contribution in [0.15, 0.2) is 84.0 Å². The first kappa shape index (κ1) is 21.4. The number of thioether (sulfide) groups is 1. The minimum atomic E-state index is -0.502. The molecule has 4 aromatic rings. The van der Waals surface area contributed by atoms with Gasteiger partial charge in [0.1, 0.15) is 11.0 Å². The number of halogens is 1. The van der Waals surface area contributed by atoms with Crippen LogP contribution < -0.4 is 15.5 Å². The van der Waals surface area contributed by atoms with E-state index >= 15 is 0 Å². The van der Waals surface area contributed by atoms with Crippen molar-refractivity contribution in [3.63, 3.8) is 0 Å². The molecule has 5 rings (SSSR count). The Morgan fingerprint density at radius 1 is 1.06 bits per heavy atom. The molecule has 0 bridgehead atoms. The van der Waals surface area contributed by atoms with E-state index in [0.29, 0.717) is 21.7 Å². The van der Waals surface area contributed by atoms with Crippen LogP contribution in [0, 0.1) is 0 Å². The van der Waals surface area contributed by atoms with Crippen LogP contribution >= 0.6 is 23.4 Å². The van der Waals surface area contributed by atoms with Crippen LogP contribution in [-0.2, 0) is 4.79 Å². The summed E-state index contributed by atoms with van der Waals surface area (Å²) in [5.41, 5.74) is 5.97. The van der Waals surface area contributed by atoms with E-state index in [9.17, 15) is 4.79 Å². The molecule has 1 aliphatic heterocycles. The summed E-state index contributed by atoms with van der Waals surface area (Å²) in [6.07, 6.45) is 0. The van der Waals surface area contributed by atoms with E-state index < -0.39 is 5.25 Å². The average molecular weight is 478 g/mol. The number of fused-ring (bicyclic) bond motifs is 1. The second-order valence-corrected chi connectivity index (χ2v) is 8.97. The van der Waals surface area contributed by atoms with E-state index in [1.54, 1.807) is 25.3 Å². The number of anilines is 1. The Balaban J connectivity index is 1.51. The minimum absolute atomic E-state index is 0.161. The first-order chi connectivity index (χ1) is 16.1. The summed E-state index contributed by atoms with van der Waals surface area (Å²) >= 11 is 7.46. The summed E-state index contributed by atoms with van der Waals surface area (Å²) in [4.78, 5) is 13.4. The molecular weight excluding hydrogens is 458 g/mol. The largest absolute Gasteiger partial charge is 0.497 e. The number of hydrogen-bond acceptors (Lipinski definition) is 6. The smallest absolute Gasteiger partial charge is 0.240 e. The highest BCUT2D eigenvalue weighted by atomic mass is 35.5. The number of benzene rings is 3. The molecule has 1 aromatic heterocycles. The summed E-state index contributed by atoms with van der Waals surface area (Å²) in [6, 6.07) is 24.2. The van der Waals surface area contributed by atoms with Gasteiger partial charge in [-0.1, -0.05) is 71.9 Å². The van der Waals surface area contributed by atoms with Crippen molar-refractivity contribution >= 4 is 35.0 Å². The lowest BCUT2D eigenvalue weighted by molar-refractivity contribution is -0.116. The van der Waals surface area contributed by atoms with Crippen molar-refractivity contribution in [2.45, 2.75) is 16.4 Å². The molecule has 166 valence electrons. The predicted molar refractivity (Wildman–Crippen MR) is 130 cm³/mol. The van der Waals surface area contributed by atoms with Crippen LogP contribution in [0.2, 0.25) is 5.02 Å². The van der Waals surface area contributed by atoms with Crippen LogP contribution in [0.5, 0.6) is 5.75 Å². The van der Waals surface area contributed by atoms with Gasteiger partial charge in [-0.05, 0) is 35.9 Å². The molecule has 0 saturated heterocycles. The van der Waals surface area contributed by atoms with Crippen LogP contribution in [0.25, 0.3) is 11.4 Å². The predicted octanol–water partition coefficient (Wildman–Crippen LogP) is 5.00. The Labute approximate surface area is 200 Å². The van der Waals surface area contributed by atoms with E-state index in [4.69, 9.17) is 16.3 Å². The van der Waals surface area contributed by atoms with E-state index in [2.05, 4.69) is 20.9 Å². The van der Waals surface area contributed by atoms with Crippen LogP contribution in [-0.4, -0.2) is 33.1 Å². The number of methoxy groups -OCH3 is 1. The van der Waals surface area contributed by atoms with Crippen molar-refractivity contribution in [3.8, 4) is 17.1 Å². The summed E-state index contributed by atoms with van der Waals surface area (Å²) < 4.78 is 7.14. The van der Waals surface area contributed by atoms with Gasteiger partial charge in [-0.2, -0.15) is 0 Å². The number of hydrogen-bond donors (Lipinski definition) is 2.